The number of ether oxygens (including phenoxy) is 1. The van der Waals surface area contributed by atoms with Crippen LogP contribution in [0.5, 0.6) is 0 Å². The van der Waals surface area contributed by atoms with Crippen molar-refractivity contribution in [1.82, 2.24) is 0 Å². The lowest BCUT2D eigenvalue weighted by Crippen LogP contribution is -2.22. The third-order valence-electron chi connectivity index (χ3n) is 3.71. The van der Waals surface area contributed by atoms with Crippen LogP contribution >= 0.6 is 0 Å². The van der Waals surface area contributed by atoms with Crippen molar-refractivity contribution in [3.8, 4) is 0 Å². The van der Waals surface area contributed by atoms with Crippen LogP contribution in [0.15, 0.2) is 24.3 Å². The molecule has 1 aromatic carbocycles. The van der Waals surface area contributed by atoms with Gasteiger partial charge in [-0.3, -0.25) is 0 Å². The molecule has 0 spiro atoms. The normalized spacial score (nSPS) is 16.7. The first-order chi connectivity index (χ1) is 8.88. The molecular weight excluding hydrogens is 222 g/mol. The van der Waals surface area contributed by atoms with Crippen LogP contribution < -0.4 is 5.32 Å². The van der Waals surface area contributed by atoms with Crippen molar-refractivity contribution >= 4 is 5.69 Å². The van der Waals surface area contributed by atoms with Gasteiger partial charge in [-0.25, -0.2) is 0 Å². The Labute approximate surface area is 111 Å². The Morgan fingerprint density at radius 2 is 1.89 bits per heavy atom. The first kappa shape index (κ1) is 13.4. The highest BCUT2D eigenvalue weighted by molar-refractivity contribution is 5.44. The first-order valence-corrected chi connectivity index (χ1v) is 7.29. The third kappa shape index (κ3) is 4.34. The summed E-state index contributed by atoms with van der Waals surface area (Å²) >= 11 is 0. The fourth-order valence-electron chi connectivity index (χ4n) is 2.38. The lowest BCUT2D eigenvalue weighted by Gasteiger charge is -2.22. The summed E-state index contributed by atoms with van der Waals surface area (Å²) in [5, 5.41) is 3.54. The number of unbranched alkanes of at least 4 members (excludes halogenated alkanes) is 1. The Hall–Kier alpha value is -1.02. The molecule has 1 saturated heterocycles. The number of benzene rings is 1. The van der Waals surface area contributed by atoms with Gasteiger partial charge in [-0.15, -0.1) is 0 Å². The first-order valence-electron chi connectivity index (χ1n) is 7.29. The largest absolute Gasteiger partial charge is 0.385 e. The summed E-state index contributed by atoms with van der Waals surface area (Å²) in [5.74, 6) is 0.776. The summed E-state index contributed by atoms with van der Waals surface area (Å²) in [6, 6.07) is 8.93. The number of anilines is 1. The summed E-state index contributed by atoms with van der Waals surface area (Å²) in [6.07, 6.45) is 6.15. The van der Waals surface area contributed by atoms with Gasteiger partial charge in [0.25, 0.3) is 0 Å². The van der Waals surface area contributed by atoms with Crippen LogP contribution in [-0.4, -0.2) is 19.8 Å². The smallest absolute Gasteiger partial charge is 0.0469 e. The minimum Gasteiger partial charge on any atom is -0.385 e. The van der Waals surface area contributed by atoms with Crippen molar-refractivity contribution in [2.75, 3.05) is 25.1 Å². The number of hydrogen-bond donors (Lipinski definition) is 1. The molecule has 0 atom stereocenters. The van der Waals surface area contributed by atoms with E-state index < -0.39 is 0 Å². The molecule has 1 heterocycles. The van der Waals surface area contributed by atoms with E-state index in [1.807, 2.05) is 0 Å². The number of aryl methyl sites for hydroxylation is 1. The molecule has 0 radical (unpaired) electrons. The molecule has 1 N–H and O–H groups in total. The van der Waals surface area contributed by atoms with Gasteiger partial charge in [0, 0.05) is 25.4 Å². The van der Waals surface area contributed by atoms with E-state index in [0.29, 0.717) is 0 Å². The average molecular weight is 247 g/mol. The van der Waals surface area contributed by atoms with E-state index in [-0.39, 0.29) is 0 Å². The molecule has 1 aliphatic heterocycles. The van der Waals surface area contributed by atoms with Crippen LogP contribution in [0, 0.1) is 5.92 Å². The van der Waals surface area contributed by atoms with Crippen molar-refractivity contribution in [3.63, 3.8) is 0 Å². The quantitative estimate of drug-likeness (QED) is 0.824. The summed E-state index contributed by atoms with van der Waals surface area (Å²) in [5.41, 5.74) is 2.70. The number of rotatable bonds is 6. The summed E-state index contributed by atoms with van der Waals surface area (Å²) < 4.78 is 5.38. The Kier molecular flexibility index (Phi) is 5.53. The lowest BCUT2D eigenvalue weighted by atomic mass is 10.0. The maximum atomic E-state index is 5.38. The number of nitrogens with one attached hydrogen (secondary N) is 1. The van der Waals surface area contributed by atoms with Crippen LogP contribution in [0.25, 0.3) is 0 Å². The van der Waals surface area contributed by atoms with Gasteiger partial charge in [0.2, 0.25) is 0 Å². The van der Waals surface area contributed by atoms with Crippen molar-refractivity contribution in [2.24, 2.45) is 5.92 Å². The Balaban J connectivity index is 1.75. The third-order valence-corrected chi connectivity index (χ3v) is 3.71. The maximum Gasteiger partial charge on any atom is 0.0469 e. The minimum atomic E-state index is 0.776. The molecule has 0 saturated carbocycles. The van der Waals surface area contributed by atoms with E-state index in [9.17, 15) is 0 Å². The van der Waals surface area contributed by atoms with E-state index in [1.54, 1.807) is 0 Å². The summed E-state index contributed by atoms with van der Waals surface area (Å²) in [7, 11) is 0. The van der Waals surface area contributed by atoms with Gasteiger partial charge in [-0.1, -0.05) is 25.5 Å². The summed E-state index contributed by atoms with van der Waals surface area (Å²) in [4.78, 5) is 0. The molecule has 2 nitrogen and oxygen atoms in total. The van der Waals surface area contributed by atoms with Crippen LogP contribution in [0.3, 0.4) is 0 Å². The molecule has 100 valence electrons. The molecule has 0 unspecified atom stereocenters. The van der Waals surface area contributed by atoms with Gasteiger partial charge in [-0.2, -0.15) is 0 Å². The standard InChI is InChI=1S/C16H25NO/c1-2-3-4-14-5-7-16(8-6-14)17-13-15-9-11-18-12-10-15/h5-8,15,17H,2-4,9-13H2,1H3. The van der Waals surface area contributed by atoms with Crippen molar-refractivity contribution < 1.29 is 4.74 Å². The van der Waals surface area contributed by atoms with Crippen molar-refractivity contribution in [2.45, 2.75) is 39.0 Å². The zero-order valence-electron chi connectivity index (χ0n) is 11.5. The minimum absolute atomic E-state index is 0.776. The highest BCUT2D eigenvalue weighted by atomic mass is 16.5. The van der Waals surface area contributed by atoms with Gasteiger partial charge >= 0.3 is 0 Å². The molecule has 0 bridgehead atoms. The predicted octanol–water partition coefficient (Wildman–Crippen LogP) is 3.87. The van der Waals surface area contributed by atoms with Crippen LogP contribution in [-0.2, 0) is 11.2 Å². The Morgan fingerprint density at radius 3 is 2.56 bits per heavy atom. The molecule has 2 rings (SSSR count). The second-order valence-corrected chi connectivity index (χ2v) is 5.24. The second-order valence-electron chi connectivity index (χ2n) is 5.24. The molecule has 2 heteroatoms. The molecular formula is C16H25NO. The van der Waals surface area contributed by atoms with E-state index >= 15 is 0 Å². The topological polar surface area (TPSA) is 21.3 Å². The lowest BCUT2D eigenvalue weighted by molar-refractivity contribution is 0.0699. The Morgan fingerprint density at radius 1 is 1.17 bits per heavy atom. The molecule has 1 aliphatic rings. The van der Waals surface area contributed by atoms with Gasteiger partial charge in [0.05, 0.1) is 0 Å². The zero-order valence-corrected chi connectivity index (χ0v) is 11.5. The van der Waals surface area contributed by atoms with Gasteiger partial charge in [-0.05, 0) is 49.3 Å². The molecule has 0 amide bonds. The summed E-state index contributed by atoms with van der Waals surface area (Å²) in [6.45, 7) is 5.19. The van der Waals surface area contributed by atoms with Crippen LogP contribution in [0.4, 0.5) is 5.69 Å². The monoisotopic (exact) mass is 247 g/mol. The highest BCUT2D eigenvalue weighted by Crippen LogP contribution is 2.17. The van der Waals surface area contributed by atoms with Gasteiger partial charge in [0.15, 0.2) is 0 Å². The highest BCUT2D eigenvalue weighted by Gasteiger charge is 2.12. The molecule has 1 aromatic rings. The van der Waals surface area contributed by atoms with E-state index in [0.717, 1.165) is 25.7 Å². The van der Waals surface area contributed by atoms with Crippen LogP contribution in [0.2, 0.25) is 0 Å². The van der Waals surface area contributed by atoms with Crippen molar-refractivity contribution in [3.05, 3.63) is 29.8 Å². The van der Waals surface area contributed by atoms with Crippen LogP contribution in [0.1, 0.15) is 38.2 Å². The average Bonchev–Trinajstić information content (AvgIpc) is 2.45. The van der Waals surface area contributed by atoms with E-state index in [1.165, 1.54) is 43.4 Å². The molecule has 18 heavy (non-hydrogen) atoms. The van der Waals surface area contributed by atoms with E-state index in [4.69, 9.17) is 4.74 Å². The molecule has 0 aliphatic carbocycles. The SMILES string of the molecule is CCCCc1ccc(NCC2CCOCC2)cc1. The Bertz CT molecular complexity index is 327. The second kappa shape index (κ2) is 7.42. The van der Waals surface area contributed by atoms with E-state index in [2.05, 4.69) is 36.5 Å². The maximum absolute atomic E-state index is 5.38. The fourth-order valence-corrected chi connectivity index (χ4v) is 2.38. The molecule has 1 fully saturated rings. The number of hydrogen-bond acceptors (Lipinski definition) is 2. The van der Waals surface area contributed by atoms with Crippen molar-refractivity contribution in [1.29, 1.82) is 0 Å². The molecule has 0 aromatic heterocycles. The fraction of sp³-hybridized carbons (Fsp3) is 0.625. The van der Waals surface area contributed by atoms with Gasteiger partial charge < -0.3 is 10.1 Å². The zero-order chi connectivity index (χ0) is 12.6. The predicted molar refractivity (Wildman–Crippen MR) is 77.1 cm³/mol. The van der Waals surface area contributed by atoms with Gasteiger partial charge in [0.1, 0.15) is 0 Å².